The predicted molar refractivity (Wildman–Crippen MR) is 81.7 cm³/mol. The van der Waals surface area contributed by atoms with Gasteiger partial charge in [0.1, 0.15) is 0 Å². The number of aliphatic hydroxyl groups is 1. The van der Waals surface area contributed by atoms with E-state index in [2.05, 4.69) is 18.7 Å². The summed E-state index contributed by atoms with van der Waals surface area (Å²) in [5, 5.41) is 7.56. The van der Waals surface area contributed by atoms with Crippen LogP contribution in [0.5, 0.6) is 0 Å². The van der Waals surface area contributed by atoms with Crippen LogP contribution in [0.4, 0.5) is 0 Å². The van der Waals surface area contributed by atoms with Crippen molar-refractivity contribution in [2.24, 2.45) is 0 Å². The topological polar surface area (TPSA) is 23.5 Å². The third kappa shape index (κ3) is 6.38. The summed E-state index contributed by atoms with van der Waals surface area (Å²) >= 11 is 0. The van der Waals surface area contributed by atoms with E-state index < -0.39 is 5.11 Å². The number of nitrogens with zero attached hydrogens (tertiary/aromatic N) is 1. The van der Waals surface area contributed by atoms with Crippen LogP contribution in [0.1, 0.15) is 39.5 Å². The van der Waals surface area contributed by atoms with Gasteiger partial charge in [0.2, 0.25) is 0 Å². The third-order valence-electron chi connectivity index (χ3n) is 3.03. The summed E-state index contributed by atoms with van der Waals surface area (Å²) in [5.41, 5.74) is 0. The number of rotatable bonds is 10. The second-order valence-corrected chi connectivity index (χ2v) is 5.01. The monoisotopic (exact) mass is 241 g/mol. The van der Waals surface area contributed by atoms with Crippen LogP contribution in [-0.4, -0.2) is 67.1 Å². The quantitative estimate of drug-likeness (QED) is 0.571. The predicted octanol–water partition coefficient (Wildman–Crippen LogP) is 0.786. The maximum Gasteiger partial charge on any atom is 0.0719 e. The minimum Gasteiger partial charge on any atom is -0.396 e. The SMILES string of the molecule is [B]C(CCCO)C(N(CCC)CCC)C([B])([B])[B]. The fraction of sp³-hybridized carbons (Fsp3) is 1.00. The molecule has 0 aromatic carbocycles. The lowest BCUT2D eigenvalue weighted by atomic mass is 9.36. The summed E-state index contributed by atoms with van der Waals surface area (Å²) in [5.74, 6) is -0.227. The number of aliphatic hydroxyl groups excluding tert-OH is 1. The first-order valence-electron chi connectivity index (χ1n) is 6.85. The van der Waals surface area contributed by atoms with E-state index in [1.807, 2.05) is 0 Å². The summed E-state index contributed by atoms with van der Waals surface area (Å²) in [7, 11) is 23.8. The zero-order chi connectivity index (χ0) is 14.2. The Kier molecular flexibility index (Phi) is 9.23. The zero-order valence-corrected chi connectivity index (χ0v) is 11.8. The first-order valence-corrected chi connectivity index (χ1v) is 6.85. The van der Waals surface area contributed by atoms with Crippen LogP contribution in [0.3, 0.4) is 0 Å². The van der Waals surface area contributed by atoms with E-state index in [0.717, 1.165) is 25.9 Å². The van der Waals surface area contributed by atoms with Crippen LogP contribution >= 0.6 is 0 Å². The van der Waals surface area contributed by atoms with Gasteiger partial charge in [-0.05, 0) is 38.4 Å². The highest BCUT2D eigenvalue weighted by molar-refractivity contribution is 6.59. The molecule has 0 bridgehead atoms. The smallest absolute Gasteiger partial charge is 0.0719 e. The molecule has 0 fully saturated rings. The number of hydrogen-bond donors (Lipinski definition) is 1. The van der Waals surface area contributed by atoms with Crippen LogP contribution in [0.25, 0.3) is 0 Å². The van der Waals surface area contributed by atoms with E-state index in [4.69, 9.17) is 36.5 Å². The Labute approximate surface area is 118 Å². The van der Waals surface area contributed by atoms with Crippen molar-refractivity contribution < 1.29 is 5.11 Å². The molecule has 2 atom stereocenters. The van der Waals surface area contributed by atoms with Crippen molar-refractivity contribution in [3.05, 3.63) is 0 Å². The van der Waals surface area contributed by atoms with Crippen LogP contribution in [0.15, 0.2) is 0 Å². The van der Waals surface area contributed by atoms with Crippen LogP contribution in [0, 0.1) is 0 Å². The van der Waals surface area contributed by atoms with E-state index in [9.17, 15) is 0 Å². The summed E-state index contributed by atoms with van der Waals surface area (Å²) in [6.45, 7) is 6.07. The molecule has 0 saturated heterocycles. The van der Waals surface area contributed by atoms with Gasteiger partial charge in [-0.15, -0.1) is 5.11 Å². The van der Waals surface area contributed by atoms with Gasteiger partial charge in [0, 0.05) is 6.61 Å². The van der Waals surface area contributed by atoms with Gasteiger partial charge in [-0.2, -0.15) is 0 Å². The Morgan fingerprint density at radius 2 is 1.61 bits per heavy atom. The maximum absolute atomic E-state index is 8.88. The van der Waals surface area contributed by atoms with E-state index in [1.165, 1.54) is 0 Å². The molecule has 0 spiro atoms. The van der Waals surface area contributed by atoms with E-state index in [-0.39, 0.29) is 18.5 Å². The Morgan fingerprint density at radius 3 is 1.94 bits per heavy atom. The van der Waals surface area contributed by atoms with Crippen molar-refractivity contribution in [1.82, 2.24) is 4.90 Å². The second kappa shape index (κ2) is 9.14. The molecule has 0 saturated carbocycles. The van der Waals surface area contributed by atoms with E-state index >= 15 is 0 Å². The molecular weight excluding hydrogens is 217 g/mol. The van der Waals surface area contributed by atoms with Crippen LogP contribution < -0.4 is 0 Å². The molecule has 0 heterocycles. The Balaban J connectivity index is 4.82. The van der Waals surface area contributed by atoms with Gasteiger partial charge in [-0.25, -0.2) is 0 Å². The van der Waals surface area contributed by atoms with Crippen molar-refractivity contribution >= 4 is 31.4 Å². The van der Waals surface area contributed by atoms with Gasteiger partial charge in [0.05, 0.1) is 31.4 Å². The van der Waals surface area contributed by atoms with Gasteiger partial charge >= 0.3 is 0 Å². The molecule has 0 aliphatic heterocycles. The Hall–Kier alpha value is 0.180. The highest BCUT2D eigenvalue weighted by Gasteiger charge is 2.31. The van der Waals surface area contributed by atoms with Crippen molar-refractivity contribution in [3.8, 4) is 0 Å². The lowest BCUT2D eigenvalue weighted by Crippen LogP contribution is -2.48. The molecule has 18 heavy (non-hydrogen) atoms. The molecule has 2 unspecified atom stereocenters. The summed E-state index contributed by atoms with van der Waals surface area (Å²) in [4.78, 5) is 2.17. The molecule has 0 aliphatic rings. The van der Waals surface area contributed by atoms with Crippen molar-refractivity contribution in [2.45, 2.75) is 56.5 Å². The van der Waals surface area contributed by atoms with Crippen LogP contribution in [-0.2, 0) is 0 Å². The molecule has 0 amide bonds. The lowest BCUT2D eigenvalue weighted by Gasteiger charge is -2.45. The summed E-state index contributed by atoms with van der Waals surface area (Å²) in [6, 6.07) is -0.274. The van der Waals surface area contributed by atoms with E-state index in [0.29, 0.717) is 12.8 Å². The fourth-order valence-corrected chi connectivity index (χ4v) is 2.41. The lowest BCUT2D eigenvalue weighted by molar-refractivity contribution is 0.179. The van der Waals surface area contributed by atoms with E-state index in [1.54, 1.807) is 0 Å². The first-order chi connectivity index (χ1) is 8.38. The minimum absolute atomic E-state index is 0.120. The molecule has 8 radical (unpaired) electrons. The molecule has 6 heteroatoms. The number of hydrogen-bond acceptors (Lipinski definition) is 2. The van der Waals surface area contributed by atoms with Crippen LogP contribution in [0.2, 0.25) is 10.9 Å². The average molecular weight is 241 g/mol. The molecule has 1 N–H and O–H groups in total. The molecule has 2 nitrogen and oxygen atoms in total. The van der Waals surface area contributed by atoms with Crippen molar-refractivity contribution in [2.75, 3.05) is 19.7 Å². The first kappa shape index (κ1) is 18.2. The van der Waals surface area contributed by atoms with Gasteiger partial charge in [0.15, 0.2) is 0 Å². The van der Waals surface area contributed by atoms with Gasteiger partial charge in [-0.3, -0.25) is 0 Å². The Morgan fingerprint density at radius 1 is 1.11 bits per heavy atom. The average Bonchev–Trinajstić information content (AvgIpc) is 2.25. The van der Waals surface area contributed by atoms with Crippen molar-refractivity contribution in [3.63, 3.8) is 0 Å². The van der Waals surface area contributed by atoms with Crippen molar-refractivity contribution in [1.29, 1.82) is 0 Å². The molecule has 0 aromatic rings. The normalized spacial score (nSPS) is 15.8. The largest absolute Gasteiger partial charge is 0.396 e. The molecule has 94 valence electrons. The zero-order valence-electron chi connectivity index (χ0n) is 11.8. The molecule has 0 aromatic heterocycles. The van der Waals surface area contributed by atoms with Gasteiger partial charge in [0.25, 0.3) is 0 Å². The molecular formula is C12H23B4NO. The summed E-state index contributed by atoms with van der Waals surface area (Å²) in [6.07, 6.45) is 3.30. The maximum atomic E-state index is 8.88. The molecule has 0 rings (SSSR count). The highest BCUT2D eigenvalue weighted by Crippen LogP contribution is 2.33. The minimum atomic E-state index is -1.32. The highest BCUT2D eigenvalue weighted by atomic mass is 16.2. The Bertz CT molecular complexity index is 205. The standard InChI is InChI=1S/C12H23B4NO/c1-3-7-17(8-4-2)11(12(14,15)16)10(13)6-5-9-18/h10-11,18H,3-9H2,1-2H3. The summed E-state index contributed by atoms with van der Waals surface area (Å²) < 4.78 is 0. The molecule has 0 aliphatic carbocycles. The third-order valence-corrected chi connectivity index (χ3v) is 3.03. The van der Waals surface area contributed by atoms with Gasteiger partial charge in [-0.1, -0.05) is 26.1 Å². The fourth-order valence-electron chi connectivity index (χ4n) is 2.41. The van der Waals surface area contributed by atoms with Gasteiger partial charge < -0.3 is 10.0 Å². The second-order valence-electron chi connectivity index (χ2n) is 5.01.